The summed E-state index contributed by atoms with van der Waals surface area (Å²) >= 11 is 0. The van der Waals surface area contributed by atoms with Crippen LogP contribution in [0, 0.1) is 28.6 Å². The molecule has 0 aromatic heterocycles. The van der Waals surface area contributed by atoms with Gasteiger partial charge in [-0.3, -0.25) is 0 Å². The minimum Gasteiger partial charge on any atom is -0.344 e. The molecule has 2 nitrogen and oxygen atoms in total. The molecule has 3 saturated carbocycles. The van der Waals surface area contributed by atoms with E-state index in [0.29, 0.717) is 22.9 Å². The lowest BCUT2D eigenvalue weighted by Crippen LogP contribution is -2.52. The summed E-state index contributed by atoms with van der Waals surface area (Å²) in [5.74, 6) is 1.96. The van der Waals surface area contributed by atoms with E-state index in [2.05, 4.69) is 41.5 Å². The molecule has 6 atom stereocenters. The van der Waals surface area contributed by atoms with E-state index in [0.717, 1.165) is 11.8 Å². The van der Waals surface area contributed by atoms with E-state index in [9.17, 15) is 0 Å². The second kappa shape index (κ2) is 3.46. The molecule has 0 aromatic rings. The van der Waals surface area contributed by atoms with Gasteiger partial charge in [0.25, 0.3) is 0 Å². The highest BCUT2D eigenvalue weighted by molar-refractivity contribution is 5.21. The van der Waals surface area contributed by atoms with Crippen molar-refractivity contribution >= 4 is 0 Å². The average molecular weight is 278 g/mol. The lowest BCUT2D eigenvalue weighted by Gasteiger charge is -2.47. The largest absolute Gasteiger partial charge is 0.344 e. The van der Waals surface area contributed by atoms with Gasteiger partial charge in [-0.2, -0.15) is 0 Å². The van der Waals surface area contributed by atoms with Gasteiger partial charge in [-0.15, -0.1) is 0 Å². The Bertz CT molecular complexity index is 454. The Morgan fingerprint density at radius 3 is 2.30 bits per heavy atom. The maximum atomic E-state index is 6.48. The number of hydrogen-bond acceptors (Lipinski definition) is 2. The first-order valence-corrected chi connectivity index (χ1v) is 8.50. The monoisotopic (exact) mass is 278 g/mol. The molecule has 1 saturated heterocycles. The van der Waals surface area contributed by atoms with E-state index in [1.54, 1.807) is 0 Å². The van der Waals surface area contributed by atoms with Crippen molar-refractivity contribution in [2.75, 3.05) is 0 Å². The minimum atomic E-state index is -0.409. The summed E-state index contributed by atoms with van der Waals surface area (Å²) in [7, 11) is 0. The molecule has 1 aliphatic heterocycles. The Morgan fingerprint density at radius 2 is 1.60 bits per heavy atom. The van der Waals surface area contributed by atoms with Crippen molar-refractivity contribution in [3.63, 3.8) is 0 Å². The molecule has 0 N–H and O–H groups in total. The predicted molar refractivity (Wildman–Crippen MR) is 79.3 cm³/mol. The average Bonchev–Trinajstić information content (AvgIpc) is 2.80. The molecule has 2 heteroatoms. The van der Waals surface area contributed by atoms with Gasteiger partial charge < -0.3 is 9.47 Å². The van der Waals surface area contributed by atoms with Crippen LogP contribution in [0.5, 0.6) is 0 Å². The second-order valence-corrected chi connectivity index (χ2v) is 9.34. The molecule has 0 radical (unpaired) electrons. The van der Waals surface area contributed by atoms with Gasteiger partial charge in [-0.1, -0.05) is 20.8 Å². The number of fused-ring (bicyclic) bond motifs is 3. The van der Waals surface area contributed by atoms with E-state index >= 15 is 0 Å². The molecular formula is C18H30O2. The first-order chi connectivity index (χ1) is 9.12. The highest BCUT2D eigenvalue weighted by atomic mass is 16.8. The summed E-state index contributed by atoms with van der Waals surface area (Å²) < 4.78 is 12.8. The van der Waals surface area contributed by atoms with E-state index in [1.165, 1.54) is 25.7 Å². The van der Waals surface area contributed by atoms with E-state index in [4.69, 9.17) is 9.47 Å². The third-order valence-corrected chi connectivity index (χ3v) is 7.73. The zero-order valence-corrected chi connectivity index (χ0v) is 14.0. The molecule has 20 heavy (non-hydrogen) atoms. The fourth-order valence-electron chi connectivity index (χ4n) is 7.01. The van der Waals surface area contributed by atoms with Crippen LogP contribution >= 0.6 is 0 Å². The standard InChI is InChI=1S/C18H30O2/c1-11-7-8-12-15(2,3)13-9-18(11,12)10-14-17(13,6)20-16(4,5)19-14/h11-14H,7-10H2,1-6H3/t11-,12+,13-,14-,17-,18-/m1/s1. The van der Waals surface area contributed by atoms with Crippen LogP contribution in [0.15, 0.2) is 0 Å². The Kier molecular flexibility index (Phi) is 2.35. The SMILES string of the molecule is C[C@@H]1CC[C@H]2C(C)(C)[C@H]3C[C@@]12C[C@H]1OC(C)(C)O[C@]31C. The Labute approximate surface area is 123 Å². The van der Waals surface area contributed by atoms with Gasteiger partial charge in [0.1, 0.15) is 0 Å². The topological polar surface area (TPSA) is 18.5 Å². The lowest BCUT2D eigenvalue weighted by molar-refractivity contribution is -0.177. The smallest absolute Gasteiger partial charge is 0.164 e. The summed E-state index contributed by atoms with van der Waals surface area (Å²) in [6.07, 6.45) is 5.70. The van der Waals surface area contributed by atoms with Gasteiger partial charge in [-0.05, 0) is 75.0 Å². The summed E-state index contributed by atoms with van der Waals surface area (Å²) in [6, 6.07) is 0. The second-order valence-electron chi connectivity index (χ2n) is 9.34. The van der Waals surface area contributed by atoms with Crippen molar-refractivity contribution in [1.29, 1.82) is 0 Å². The third kappa shape index (κ3) is 1.34. The number of hydrogen-bond donors (Lipinski definition) is 0. The van der Waals surface area contributed by atoms with E-state index in [1.807, 2.05) is 0 Å². The molecule has 4 aliphatic rings. The molecular weight excluding hydrogens is 248 g/mol. The van der Waals surface area contributed by atoms with Crippen LogP contribution in [0.4, 0.5) is 0 Å². The van der Waals surface area contributed by atoms with Crippen molar-refractivity contribution in [3.05, 3.63) is 0 Å². The first kappa shape index (κ1) is 13.6. The zero-order valence-electron chi connectivity index (χ0n) is 14.0. The molecule has 0 aromatic carbocycles. The van der Waals surface area contributed by atoms with Crippen LogP contribution in [0.2, 0.25) is 0 Å². The molecule has 1 heterocycles. The van der Waals surface area contributed by atoms with Crippen molar-refractivity contribution < 1.29 is 9.47 Å². The normalized spacial score (nSPS) is 58.5. The van der Waals surface area contributed by atoms with Gasteiger partial charge in [0.2, 0.25) is 0 Å². The van der Waals surface area contributed by atoms with Crippen molar-refractivity contribution in [2.45, 2.75) is 84.7 Å². The van der Waals surface area contributed by atoms with Gasteiger partial charge in [0.05, 0.1) is 11.7 Å². The van der Waals surface area contributed by atoms with Crippen LogP contribution in [-0.2, 0) is 9.47 Å². The molecule has 3 aliphatic carbocycles. The maximum Gasteiger partial charge on any atom is 0.164 e. The Hall–Kier alpha value is -0.0800. The van der Waals surface area contributed by atoms with Gasteiger partial charge in [0, 0.05) is 0 Å². The highest BCUT2D eigenvalue weighted by Gasteiger charge is 2.73. The van der Waals surface area contributed by atoms with E-state index < -0.39 is 5.79 Å². The predicted octanol–water partition coefficient (Wildman–Crippen LogP) is 4.38. The van der Waals surface area contributed by atoms with Crippen molar-refractivity contribution in [2.24, 2.45) is 28.6 Å². The fraction of sp³-hybridized carbons (Fsp3) is 1.00. The molecule has 2 bridgehead atoms. The van der Waals surface area contributed by atoms with Gasteiger partial charge in [0.15, 0.2) is 5.79 Å². The van der Waals surface area contributed by atoms with Crippen LogP contribution in [0.3, 0.4) is 0 Å². The van der Waals surface area contributed by atoms with Crippen LogP contribution in [0.25, 0.3) is 0 Å². The molecule has 4 fully saturated rings. The summed E-state index contributed by atoms with van der Waals surface area (Å²) in [6.45, 7) is 14.0. The summed E-state index contributed by atoms with van der Waals surface area (Å²) in [5.41, 5.74) is 0.836. The molecule has 4 rings (SSSR count). The molecule has 0 amide bonds. The lowest BCUT2D eigenvalue weighted by atomic mass is 9.63. The molecule has 114 valence electrons. The first-order valence-electron chi connectivity index (χ1n) is 8.50. The quantitative estimate of drug-likeness (QED) is 0.654. The Balaban J connectivity index is 1.82. The van der Waals surface area contributed by atoms with E-state index in [-0.39, 0.29) is 5.60 Å². The minimum absolute atomic E-state index is 0.0810. The van der Waals surface area contributed by atoms with Gasteiger partial charge >= 0.3 is 0 Å². The van der Waals surface area contributed by atoms with Crippen LogP contribution < -0.4 is 0 Å². The number of rotatable bonds is 0. The fourth-order valence-corrected chi connectivity index (χ4v) is 7.01. The summed E-state index contributed by atoms with van der Waals surface area (Å²) in [5, 5.41) is 0. The Morgan fingerprint density at radius 1 is 0.900 bits per heavy atom. The maximum absolute atomic E-state index is 6.48. The number of ether oxygens (including phenoxy) is 2. The van der Waals surface area contributed by atoms with Crippen LogP contribution in [-0.4, -0.2) is 17.5 Å². The third-order valence-electron chi connectivity index (χ3n) is 7.73. The molecule has 1 spiro atoms. The summed E-state index contributed by atoms with van der Waals surface area (Å²) in [4.78, 5) is 0. The zero-order chi connectivity index (χ0) is 14.6. The highest BCUT2D eigenvalue weighted by Crippen LogP contribution is 2.75. The molecule has 0 unspecified atom stereocenters. The van der Waals surface area contributed by atoms with Crippen molar-refractivity contribution in [3.8, 4) is 0 Å². The van der Waals surface area contributed by atoms with Gasteiger partial charge in [-0.25, -0.2) is 0 Å². The van der Waals surface area contributed by atoms with Crippen molar-refractivity contribution in [1.82, 2.24) is 0 Å². The van der Waals surface area contributed by atoms with Crippen LogP contribution in [0.1, 0.15) is 67.2 Å².